The Kier molecular flexibility index (Phi) is 4.79. The fourth-order valence-corrected chi connectivity index (χ4v) is 3.41. The van der Waals surface area contributed by atoms with Crippen molar-refractivity contribution in [3.8, 4) is 17.2 Å². The molecule has 136 valence electrons. The van der Waals surface area contributed by atoms with Crippen LogP contribution in [0.4, 0.5) is 5.69 Å². The molecule has 0 fully saturated rings. The average molecular weight is 359 g/mol. The first kappa shape index (κ1) is 17.2. The van der Waals surface area contributed by atoms with Gasteiger partial charge in [0.15, 0.2) is 6.61 Å². The molecular formula is C23H21NO3. The van der Waals surface area contributed by atoms with Gasteiger partial charge in [-0.3, -0.25) is 4.79 Å². The molecule has 0 radical (unpaired) electrons. The van der Waals surface area contributed by atoms with Crippen LogP contribution in [0.2, 0.25) is 0 Å². The third-order valence-corrected chi connectivity index (χ3v) is 4.62. The molecule has 1 atom stereocenters. The van der Waals surface area contributed by atoms with Crippen molar-refractivity contribution in [3.05, 3.63) is 84.4 Å². The Labute approximate surface area is 159 Å². The van der Waals surface area contributed by atoms with Crippen LogP contribution >= 0.6 is 0 Å². The smallest absolute Gasteiger partial charge is 0.265 e. The molecule has 4 rings (SSSR count). The molecule has 27 heavy (non-hydrogen) atoms. The maximum Gasteiger partial charge on any atom is 0.265 e. The van der Waals surface area contributed by atoms with E-state index in [1.807, 2.05) is 71.6 Å². The Morgan fingerprint density at radius 3 is 2.48 bits per heavy atom. The number of fused-ring (bicyclic) bond motifs is 1. The van der Waals surface area contributed by atoms with Crippen LogP contribution < -0.4 is 14.4 Å². The second-order valence-electron chi connectivity index (χ2n) is 6.62. The van der Waals surface area contributed by atoms with Gasteiger partial charge in [-0.25, -0.2) is 0 Å². The SMILES string of the molecule is CC1Cc2ccccc2N1C(=O)COc1cccc(Oc2ccccc2)c1. The van der Waals surface area contributed by atoms with Gasteiger partial charge in [-0.15, -0.1) is 0 Å². The molecule has 0 spiro atoms. The van der Waals surface area contributed by atoms with Crippen LogP contribution in [0.15, 0.2) is 78.9 Å². The van der Waals surface area contributed by atoms with Gasteiger partial charge in [-0.05, 0) is 49.2 Å². The molecule has 1 heterocycles. The normalized spacial score (nSPS) is 15.3. The van der Waals surface area contributed by atoms with Crippen molar-refractivity contribution in [2.75, 3.05) is 11.5 Å². The van der Waals surface area contributed by atoms with Crippen molar-refractivity contribution in [2.45, 2.75) is 19.4 Å². The number of rotatable bonds is 5. The summed E-state index contributed by atoms with van der Waals surface area (Å²) >= 11 is 0. The van der Waals surface area contributed by atoms with E-state index in [-0.39, 0.29) is 18.6 Å². The van der Waals surface area contributed by atoms with Crippen LogP contribution in [-0.2, 0) is 11.2 Å². The van der Waals surface area contributed by atoms with E-state index in [0.29, 0.717) is 11.5 Å². The summed E-state index contributed by atoms with van der Waals surface area (Å²) < 4.78 is 11.6. The van der Waals surface area contributed by atoms with Crippen LogP contribution in [0.5, 0.6) is 17.2 Å². The van der Waals surface area contributed by atoms with E-state index in [1.54, 1.807) is 6.07 Å². The van der Waals surface area contributed by atoms with Crippen LogP contribution in [0.1, 0.15) is 12.5 Å². The van der Waals surface area contributed by atoms with Crippen LogP contribution in [0.3, 0.4) is 0 Å². The summed E-state index contributed by atoms with van der Waals surface area (Å²) in [5.74, 6) is 2.00. The minimum atomic E-state index is -0.0400. The Bertz CT molecular complexity index is 939. The molecule has 0 saturated carbocycles. The molecular weight excluding hydrogens is 338 g/mol. The molecule has 1 amide bonds. The summed E-state index contributed by atoms with van der Waals surface area (Å²) in [6, 6.07) is 25.1. The summed E-state index contributed by atoms with van der Waals surface area (Å²) in [6.45, 7) is 2.06. The average Bonchev–Trinajstić information content (AvgIpc) is 3.03. The predicted octanol–water partition coefficient (Wildman–Crippen LogP) is 4.84. The Hall–Kier alpha value is -3.27. The highest BCUT2D eigenvalue weighted by Gasteiger charge is 2.30. The Balaban J connectivity index is 1.42. The van der Waals surface area contributed by atoms with Crippen molar-refractivity contribution in [3.63, 3.8) is 0 Å². The highest BCUT2D eigenvalue weighted by atomic mass is 16.5. The number of para-hydroxylation sites is 2. The molecule has 4 heteroatoms. The zero-order chi connectivity index (χ0) is 18.6. The molecule has 0 N–H and O–H groups in total. The second kappa shape index (κ2) is 7.54. The fraction of sp³-hybridized carbons (Fsp3) is 0.174. The molecule has 1 aliphatic rings. The zero-order valence-electron chi connectivity index (χ0n) is 15.2. The maximum atomic E-state index is 12.7. The summed E-state index contributed by atoms with van der Waals surface area (Å²) in [5.41, 5.74) is 2.19. The van der Waals surface area contributed by atoms with E-state index >= 15 is 0 Å². The van der Waals surface area contributed by atoms with Gasteiger partial charge in [-0.2, -0.15) is 0 Å². The number of amides is 1. The van der Waals surface area contributed by atoms with Gasteiger partial charge in [0.2, 0.25) is 0 Å². The lowest BCUT2D eigenvalue weighted by molar-refractivity contribution is -0.120. The third kappa shape index (κ3) is 3.80. The van der Waals surface area contributed by atoms with Crippen LogP contribution in [0.25, 0.3) is 0 Å². The number of nitrogens with zero attached hydrogens (tertiary/aromatic N) is 1. The van der Waals surface area contributed by atoms with Gasteiger partial charge >= 0.3 is 0 Å². The van der Waals surface area contributed by atoms with E-state index in [1.165, 1.54) is 5.56 Å². The summed E-state index contributed by atoms with van der Waals surface area (Å²) in [4.78, 5) is 14.6. The highest BCUT2D eigenvalue weighted by Crippen LogP contribution is 2.32. The van der Waals surface area contributed by atoms with Crippen LogP contribution in [0, 0.1) is 0 Å². The Morgan fingerprint density at radius 2 is 1.63 bits per heavy atom. The lowest BCUT2D eigenvalue weighted by atomic mass is 10.1. The number of carbonyl (C=O) groups is 1. The molecule has 3 aromatic carbocycles. The molecule has 0 aliphatic carbocycles. The highest BCUT2D eigenvalue weighted by molar-refractivity contribution is 5.97. The summed E-state index contributed by atoms with van der Waals surface area (Å²) in [7, 11) is 0. The van der Waals surface area contributed by atoms with Crippen molar-refractivity contribution in [1.82, 2.24) is 0 Å². The van der Waals surface area contributed by atoms with Gasteiger partial charge in [0.1, 0.15) is 17.2 Å². The lowest BCUT2D eigenvalue weighted by Crippen LogP contribution is -2.39. The maximum absolute atomic E-state index is 12.7. The summed E-state index contributed by atoms with van der Waals surface area (Å²) in [5, 5.41) is 0. The minimum Gasteiger partial charge on any atom is -0.484 e. The number of anilines is 1. The molecule has 4 nitrogen and oxygen atoms in total. The van der Waals surface area contributed by atoms with Crippen molar-refractivity contribution in [2.24, 2.45) is 0 Å². The van der Waals surface area contributed by atoms with E-state index in [9.17, 15) is 4.79 Å². The second-order valence-corrected chi connectivity index (χ2v) is 6.62. The molecule has 0 aromatic heterocycles. The van der Waals surface area contributed by atoms with E-state index in [2.05, 4.69) is 13.0 Å². The van der Waals surface area contributed by atoms with E-state index in [0.717, 1.165) is 17.9 Å². The molecule has 0 bridgehead atoms. The minimum absolute atomic E-state index is 0.00648. The summed E-state index contributed by atoms with van der Waals surface area (Å²) in [6.07, 6.45) is 0.877. The van der Waals surface area contributed by atoms with Gasteiger partial charge in [0.25, 0.3) is 5.91 Å². The zero-order valence-corrected chi connectivity index (χ0v) is 15.2. The first-order chi connectivity index (χ1) is 13.2. The molecule has 1 unspecified atom stereocenters. The predicted molar refractivity (Wildman–Crippen MR) is 106 cm³/mol. The number of ether oxygens (including phenoxy) is 2. The number of hydrogen-bond donors (Lipinski definition) is 0. The van der Waals surface area contributed by atoms with Crippen LogP contribution in [-0.4, -0.2) is 18.6 Å². The quantitative estimate of drug-likeness (QED) is 0.655. The largest absolute Gasteiger partial charge is 0.484 e. The molecule has 0 saturated heterocycles. The fourth-order valence-electron chi connectivity index (χ4n) is 3.41. The van der Waals surface area contributed by atoms with Gasteiger partial charge in [0, 0.05) is 17.8 Å². The van der Waals surface area contributed by atoms with E-state index in [4.69, 9.17) is 9.47 Å². The number of carbonyl (C=O) groups excluding carboxylic acids is 1. The lowest BCUT2D eigenvalue weighted by Gasteiger charge is -2.22. The first-order valence-corrected chi connectivity index (χ1v) is 9.06. The van der Waals surface area contributed by atoms with Gasteiger partial charge in [-0.1, -0.05) is 42.5 Å². The van der Waals surface area contributed by atoms with Crippen molar-refractivity contribution in [1.29, 1.82) is 0 Å². The Morgan fingerprint density at radius 1 is 0.926 bits per heavy atom. The van der Waals surface area contributed by atoms with E-state index < -0.39 is 0 Å². The standard InChI is InChI=1S/C23H21NO3/c1-17-14-18-8-5-6-13-22(18)24(17)23(25)16-26-20-11-7-12-21(15-20)27-19-9-3-2-4-10-19/h2-13,15,17H,14,16H2,1H3. The monoisotopic (exact) mass is 359 g/mol. The van der Waals surface area contributed by atoms with Gasteiger partial charge in [0.05, 0.1) is 0 Å². The van der Waals surface area contributed by atoms with Crippen molar-refractivity contribution < 1.29 is 14.3 Å². The van der Waals surface area contributed by atoms with Gasteiger partial charge < -0.3 is 14.4 Å². The molecule has 1 aliphatic heterocycles. The number of benzene rings is 3. The molecule has 3 aromatic rings. The number of hydrogen-bond acceptors (Lipinski definition) is 3. The third-order valence-electron chi connectivity index (χ3n) is 4.62. The van der Waals surface area contributed by atoms with Crippen molar-refractivity contribution >= 4 is 11.6 Å². The topological polar surface area (TPSA) is 38.8 Å². The first-order valence-electron chi connectivity index (χ1n) is 9.06.